The standard InChI is InChI=1S/C18H28BNO3/c1-16(2,3)15(21)20-14(13-11-9-8-10-12-13)19-22-17(4,5)18(6,7)23-19/h8-12,14H,1-7H3,(H,20,21)/t14-/m0/s1. The average molecular weight is 317 g/mol. The third-order valence-corrected chi connectivity index (χ3v) is 4.67. The van der Waals surface area contributed by atoms with Crippen molar-refractivity contribution in [2.75, 3.05) is 0 Å². The fourth-order valence-electron chi connectivity index (χ4n) is 2.35. The molecule has 0 bridgehead atoms. The fraction of sp³-hybridized carbons (Fsp3) is 0.611. The van der Waals surface area contributed by atoms with Gasteiger partial charge in [0.05, 0.1) is 17.1 Å². The number of benzene rings is 1. The van der Waals surface area contributed by atoms with E-state index in [2.05, 4.69) is 5.32 Å². The van der Waals surface area contributed by atoms with Crippen molar-refractivity contribution in [3.63, 3.8) is 0 Å². The Morgan fingerprint density at radius 3 is 1.96 bits per heavy atom. The van der Waals surface area contributed by atoms with Gasteiger partial charge in [-0.25, -0.2) is 0 Å². The lowest BCUT2D eigenvalue weighted by atomic mass is 9.73. The Kier molecular flexibility index (Phi) is 4.66. The molecule has 0 aliphatic carbocycles. The topological polar surface area (TPSA) is 47.6 Å². The zero-order valence-electron chi connectivity index (χ0n) is 15.3. The highest BCUT2D eigenvalue weighted by Crippen LogP contribution is 2.40. The highest BCUT2D eigenvalue weighted by atomic mass is 16.7. The van der Waals surface area contributed by atoms with Crippen molar-refractivity contribution in [2.45, 2.75) is 65.6 Å². The van der Waals surface area contributed by atoms with E-state index in [-0.39, 0.29) is 11.8 Å². The minimum Gasteiger partial charge on any atom is -0.402 e. The van der Waals surface area contributed by atoms with Crippen molar-refractivity contribution < 1.29 is 14.1 Å². The van der Waals surface area contributed by atoms with Gasteiger partial charge in [-0.15, -0.1) is 0 Å². The molecule has 1 aromatic rings. The Labute approximate surface area is 140 Å². The van der Waals surface area contributed by atoms with Gasteiger partial charge in [-0.1, -0.05) is 51.1 Å². The lowest BCUT2D eigenvalue weighted by molar-refractivity contribution is -0.129. The third kappa shape index (κ3) is 3.78. The van der Waals surface area contributed by atoms with Gasteiger partial charge >= 0.3 is 7.12 Å². The molecule has 126 valence electrons. The molecule has 5 heteroatoms. The first-order valence-electron chi connectivity index (χ1n) is 8.16. The maximum Gasteiger partial charge on any atom is 0.486 e. The first-order valence-corrected chi connectivity index (χ1v) is 8.16. The molecule has 2 rings (SSSR count). The van der Waals surface area contributed by atoms with Crippen LogP contribution in [0.15, 0.2) is 30.3 Å². The number of nitrogens with one attached hydrogen (secondary N) is 1. The van der Waals surface area contributed by atoms with Gasteiger partial charge < -0.3 is 14.6 Å². The Hall–Kier alpha value is -1.33. The largest absolute Gasteiger partial charge is 0.486 e. The first kappa shape index (κ1) is 18.0. The highest BCUT2D eigenvalue weighted by molar-refractivity contribution is 6.47. The number of hydrogen-bond acceptors (Lipinski definition) is 3. The second kappa shape index (κ2) is 5.95. The summed E-state index contributed by atoms with van der Waals surface area (Å²) in [6.45, 7) is 13.8. The van der Waals surface area contributed by atoms with Crippen LogP contribution in [0.4, 0.5) is 0 Å². The second-order valence-electron chi connectivity index (χ2n) is 8.24. The maximum absolute atomic E-state index is 12.5. The van der Waals surface area contributed by atoms with Crippen LogP contribution in [0.3, 0.4) is 0 Å². The van der Waals surface area contributed by atoms with Crippen molar-refractivity contribution in [1.29, 1.82) is 0 Å². The van der Waals surface area contributed by atoms with Crippen LogP contribution in [0.5, 0.6) is 0 Å². The predicted molar refractivity (Wildman–Crippen MR) is 92.9 cm³/mol. The van der Waals surface area contributed by atoms with E-state index >= 15 is 0 Å². The number of amides is 1. The second-order valence-corrected chi connectivity index (χ2v) is 8.24. The summed E-state index contributed by atoms with van der Waals surface area (Å²) in [4.78, 5) is 12.5. The third-order valence-electron chi connectivity index (χ3n) is 4.67. The van der Waals surface area contributed by atoms with Crippen LogP contribution in [-0.2, 0) is 14.1 Å². The van der Waals surface area contributed by atoms with Crippen LogP contribution < -0.4 is 5.32 Å². The van der Waals surface area contributed by atoms with Crippen LogP contribution >= 0.6 is 0 Å². The highest BCUT2D eigenvalue weighted by Gasteiger charge is 2.54. The van der Waals surface area contributed by atoms with Crippen LogP contribution in [-0.4, -0.2) is 24.2 Å². The van der Waals surface area contributed by atoms with Gasteiger partial charge in [0.25, 0.3) is 0 Å². The Bertz CT molecular complexity index is 547. The molecule has 1 saturated heterocycles. The molecular weight excluding hydrogens is 289 g/mol. The van der Waals surface area contributed by atoms with Gasteiger partial charge in [-0.05, 0) is 33.3 Å². The molecule has 1 amide bonds. The van der Waals surface area contributed by atoms with Crippen LogP contribution in [0.2, 0.25) is 0 Å². The van der Waals surface area contributed by atoms with Crippen molar-refractivity contribution in [3.8, 4) is 0 Å². The van der Waals surface area contributed by atoms with Gasteiger partial charge in [0.2, 0.25) is 5.91 Å². The van der Waals surface area contributed by atoms with Crippen molar-refractivity contribution in [3.05, 3.63) is 35.9 Å². The minimum atomic E-state index is -0.520. The smallest absolute Gasteiger partial charge is 0.402 e. The SMILES string of the molecule is CC(C)(C)C(=O)N[C@H](B1OC(C)(C)C(C)(C)O1)c1ccccc1. The molecule has 0 radical (unpaired) electrons. The van der Waals surface area contributed by atoms with Gasteiger partial charge in [0.15, 0.2) is 0 Å². The summed E-state index contributed by atoms with van der Waals surface area (Å²) in [5, 5.41) is 3.10. The summed E-state index contributed by atoms with van der Waals surface area (Å²) in [5.41, 5.74) is -0.367. The quantitative estimate of drug-likeness (QED) is 0.868. The molecule has 1 fully saturated rings. The molecule has 0 saturated carbocycles. The molecule has 0 aromatic heterocycles. The van der Waals surface area contributed by atoms with Crippen molar-refractivity contribution in [1.82, 2.24) is 5.32 Å². The summed E-state index contributed by atoms with van der Waals surface area (Å²) >= 11 is 0. The molecule has 1 aliphatic heterocycles. The lowest BCUT2D eigenvalue weighted by Gasteiger charge is -2.32. The Balaban J connectivity index is 2.31. The Morgan fingerprint density at radius 1 is 1.04 bits per heavy atom. The minimum absolute atomic E-state index is 0.0268. The molecule has 1 heterocycles. The molecule has 1 N–H and O–H groups in total. The van der Waals surface area contributed by atoms with Crippen LogP contribution in [0.25, 0.3) is 0 Å². The van der Waals surface area contributed by atoms with Gasteiger partial charge in [-0.2, -0.15) is 0 Å². The van der Waals surface area contributed by atoms with E-state index < -0.39 is 23.7 Å². The fourth-order valence-corrected chi connectivity index (χ4v) is 2.35. The van der Waals surface area contributed by atoms with Crippen molar-refractivity contribution >= 4 is 13.0 Å². The van der Waals surface area contributed by atoms with E-state index in [1.807, 2.05) is 78.8 Å². The van der Waals surface area contributed by atoms with E-state index in [4.69, 9.17) is 9.31 Å². The molecule has 1 aromatic carbocycles. The Morgan fingerprint density at radius 2 is 1.52 bits per heavy atom. The van der Waals surface area contributed by atoms with E-state index in [0.29, 0.717) is 0 Å². The zero-order chi connectivity index (χ0) is 17.5. The van der Waals surface area contributed by atoms with Gasteiger partial charge in [-0.3, -0.25) is 4.79 Å². The van der Waals surface area contributed by atoms with E-state index in [1.54, 1.807) is 0 Å². The van der Waals surface area contributed by atoms with E-state index in [1.165, 1.54) is 0 Å². The summed E-state index contributed by atoms with van der Waals surface area (Å²) in [7, 11) is -0.520. The maximum atomic E-state index is 12.5. The average Bonchev–Trinajstić information content (AvgIpc) is 2.64. The van der Waals surface area contributed by atoms with E-state index in [0.717, 1.165) is 5.56 Å². The van der Waals surface area contributed by atoms with Gasteiger partial charge in [0.1, 0.15) is 0 Å². The summed E-state index contributed by atoms with van der Waals surface area (Å²) in [6.07, 6.45) is 0. The number of rotatable bonds is 3. The number of carbonyl (C=O) groups excluding carboxylic acids is 1. The molecule has 1 aliphatic rings. The summed E-state index contributed by atoms with van der Waals surface area (Å²) in [6, 6.07) is 9.83. The predicted octanol–water partition coefficient (Wildman–Crippen LogP) is 3.52. The molecule has 23 heavy (non-hydrogen) atoms. The summed E-state index contributed by atoms with van der Waals surface area (Å²) < 4.78 is 12.3. The molecule has 4 nitrogen and oxygen atoms in total. The molecule has 0 unspecified atom stereocenters. The van der Waals surface area contributed by atoms with E-state index in [9.17, 15) is 4.79 Å². The van der Waals surface area contributed by atoms with Crippen molar-refractivity contribution in [2.24, 2.45) is 5.41 Å². The van der Waals surface area contributed by atoms with Gasteiger partial charge in [0, 0.05) is 5.41 Å². The normalized spacial score (nSPS) is 21.1. The van der Waals surface area contributed by atoms with Crippen LogP contribution in [0, 0.1) is 5.41 Å². The van der Waals surface area contributed by atoms with Crippen LogP contribution in [0.1, 0.15) is 60.0 Å². The summed E-state index contributed by atoms with van der Waals surface area (Å²) in [5.74, 6) is -0.370. The molecular formula is C18H28BNO3. The molecule has 1 atom stereocenters. The monoisotopic (exact) mass is 317 g/mol. The molecule has 0 spiro atoms. The number of carbonyl (C=O) groups is 1. The first-order chi connectivity index (χ1) is 10.4. The zero-order valence-corrected chi connectivity index (χ0v) is 15.3. The lowest BCUT2D eigenvalue weighted by Crippen LogP contribution is -2.45. The number of hydrogen-bond donors (Lipinski definition) is 1.